The van der Waals surface area contributed by atoms with Crippen molar-refractivity contribution in [3.8, 4) is 0 Å². The Morgan fingerprint density at radius 2 is 1.85 bits per heavy atom. The van der Waals surface area contributed by atoms with Crippen molar-refractivity contribution in [2.75, 3.05) is 0 Å². The van der Waals surface area contributed by atoms with Crippen LogP contribution in [0.5, 0.6) is 0 Å². The number of hydrazone groups is 1. The van der Waals surface area contributed by atoms with E-state index in [0.717, 1.165) is 23.0 Å². The highest BCUT2D eigenvalue weighted by Gasteiger charge is 2.08. The molecule has 2 heterocycles. The average Bonchev–Trinajstić information content (AvgIpc) is 3.32. The van der Waals surface area contributed by atoms with Gasteiger partial charge in [0.15, 0.2) is 5.76 Å². The molecule has 0 radical (unpaired) electrons. The van der Waals surface area contributed by atoms with Crippen LogP contribution in [0.25, 0.3) is 10.9 Å². The maximum atomic E-state index is 11.9. The highest BCUT2D eigenvalue weighted by atomic mass is 16.3. The first-order valence-electron chi connectivity index (χ1n) is 8.30. The summed E-state index contributed by atoms with van der Waals surface area (Å²) >= 11 is 0. The normalized spacial score (nSPS) is 11.2. The molecular weight excluding hydrogens is 326 g/mol. The third kappa shape index (κ3) is 3.28. The molecule has 0 aliphatic rings. The minimum Gasteiger partial charge on any atom is -0.459 e. The van der Waals surface area contributed by atoms with Gasteiger partial charge in [0, 0.05) is 29.2 Å². The van der Waals surface area contributed by atoms with Gasteiger partial charge in [0.2, 0.25) is 0 Å². The van der Waals surface area contributed by atoms with Gasteiger partial charge >= 0.3 is 5.91 Å². The first-order chi connectivity index (χ1) is 12.8. The van der Waals surface area contributed by atoms with Gasteiger partial charge in [-0.1, -0.05) is 48.5 Å². The Morgan fingerprint density at radius 3 is 2.65 bits per heavy atom. The number of nitrogens with one attached hydrogen (secondary N) is 1. The van der Waals surface area contributed by atoms with Crippen molar-refractivity contribution in [2.24, 2.45) is 5.10 Å². The number of hydrogen-bond acceptors (Lipinski definition) is 3. The maximum absolute atomic E-state index is 11.9. The van der Waals surface area contributed by atoms with E-state index in [0.29, 0.717) is 0 Å². The zero-order valence-electron chi connectivity index (χ0n) is 14.0. The Kier molecular flexibility index (Phi) is 4.35. The molecule has 5 heteroatoms. The summed E-state index contributed by atoms with van der Waals surface area (Å²) in [5, 5.41) is 5.15. The Labute approximate surface area is 150 Å². The third-order valence-corrected chi connectivity index (χ3v) is 4.13. The molecule has 0 saturated carbocycles. The smallest absolute Gasteiger partial charge is 0.307 e. The average molecular weight is 343 g/mol. The number of carbonyl (C=O) groups is 1. The lowest BCUT2D eigenvalue weighted by Crippen LogP contribution is -2.16. The molecule has 0 unspecified atom stereocenters. The summed E-state index contributed by atoms with van der Waals surface area (Å²) in [6.07, 6.45) is 5.15. The number of hydrogen-bond donors (Lipinski definition) is 1. The van der Waals surface area contributed by atoms with Crippen LogP contribution in [0.3, 0.4) is 0 Å². The molecule has 0 spiro atoms. The molecular formula is C21H17N3O2. The van der Waals surface area contributed by atoms with E-state index in [1.807, 2.05) is 42.6 Å². The van der Waals surface area contributed by atoms with E-state index in [1.165, 1.54) is 11.8 Å². The predicted octanol–water partition coefficient (Wildman–Crippen LogP) is 4.05. The molecule has 128 valence electrons. The zero-order chi connectivity index (χ0) is 17.8. The molecule has 2 aromatic carbocycles. The van der Waals surface area contributed by atoms with Gasteiger partial charge in [-0.05, 0) is 23.8 Å². The van der Waals surface area contributed by atoms with Crippen LogP contribution in [0.2, 0.25) is 0 Å². The minimum absolute atomic E-state index is 0.230. The molecule has 0 bridgehead atoms. The number of amides is 1. The second-order valence-corrected chi connectivity index (χ2v) is 5.89. The lowest BCUT2D eigenvalue weighted by Gasteiger charge is -2.05. The summed E-state index contributed by atoms with van der Waals surface area (Å²) in [5.74, 6) is -0.145. The van der Waals surface area contributed by atoms with Gasteiger partial charge in [-0.2, -0.15) is 5.10 Å². The van der Waals surface area contributed by atoms with Crippen molar-refractivity contribution < 1.29 is 9.21 Å². The van der Waals surface area contributed by atoms with Crippen LogP contribution in [0.15, 0.2) is 88.7 Å². The van der Waals surface area contributed by atoms with Crippen LogP contribution in [0.1, 0.15) is 21.7 Å². The van der Waals surface area contributed by atoms with Crippen molar-refractivity contribution in [1.29, 1.82) is 0 Å². The lowest BCUT2D eigenvalue weighted by molar-refractivity contribution is 0.0927. The second-order valence-electron chi connectivity index (χ2n) is 5.89. The summed E-state index contributed by atoms with van der Waals surface area (Å²) in [5.41, 5.74) is 5.77. The Morgan fingerprint density at radius 1 is 1.04 bits per heavy atom. The first kappa shape index (κ1) is 15.9. The van der Waals surface area contributed by atoms with Gasteiger partial charge in [-0.25, -0.2) is 5.43 Å². The quantitative estimate of drug-likeness (QED) is 0.439. The summed E-state index contributed by atoms with van der Waals surface area (Å²) in [6, 6.07) is 21.7. The number of fused-ring (bicyclic) bond motifs is 1. The van der Waals surface area contributed by atoms with Gasteiger partial charge in [0.1, 0.15) is 0 Å². The molecule has 1 amide bonds. The van der Waals surface area contributed by atoms with E-state index < -0.39 is 0 Å². The summed E-state index contributed by atoms with van der Waals surface area (Å²) in [4.78, 5) is 11.9. The number of carbonyl (C=O) groups excluding carboxylic acids is 1. The highest BCUT2D eigenvalue weighted by Crippen LogP contribution is 2.21. The van der Waals surface area contributed by atoms with Crippen LogP contribution in [-0.2, 0) is 6.54 Å². The van der Waals surface area contributed by atoms with E-state index >= 15 is 0 Å². The Balaban J connectivity index is 1.59. The number of para-hydroxylation sites is 1. The fourth-order valence-corrected chi connectivity index (χ4v) is 2.91. The standard InChI is InChI=1S/C21H17N3O2/c25-21(20-11-6-12-26-20)23-22-13-17-15-24(14-16-7-2-1-3-8-16)19-10-5-4-9-18(17)19/h1-13,15H,14H2,(H,23,25)/b22-13-. The molecule has 1 N–H and O–H groups in total. The van der Waals surface area contributed by atoms with Crippen molar-refractivity contribution >= 4 is 23.0 Å². The van der Waals surface area contributed by atoms with Crippen molar-refractivity contribution in [1.82, 2.24) is 9.99 Å². The highest BCUT2D eigenvalue weighted by molar-refractivity contribution is 6.00. The maximum Gasteiger partial charge on any atom is 0.307 e. The predicted molar refractivity (Wildman–Crippen MR) is 101 cm³/mol. The lowest BCUT2D eigenvalue weighted by atomic mass is 10.2. The number of rotatable bonds is 5. The largest absolute Gasteiger partial charge is 0.459 e. The van der Waals surface area contributed by atoms with Crippen LogP contribution < -0.4 is 5.43 Å². The number of benzene rings is 2. The molecule has 2 aromatic heterocycles. The summed E-state index contributed by atoms with van der Waals surface area (Å²) in [6.45, 7) is 0.772. The van der Waals surface area contributed by atoms with Crippen LogP contribution in [0, 0.1) is 0 Å². The van der Waals surface area contributed by atoms with E-state index in [-0.39, 0.29) is 11.7 Å². The molecule has 0 aliphatic carbocycles. The fourth-order valence-electron chi connectivity index (χ4n) is 2.91. The van der Waals surface area contributed by atoms with E-state index in [9.17, 15) is 4.79 Å². The van der Waals surface area contributed by atoms with Gasteiger partial charge < -0.3 is 8.98 Å². The molecule has 4 rings (SSSR count). The van der Waals surface area contributed by atoms with Gasteiger partial charge in [0.05, 0.1) is 12.5 Å². The molecule has 5 nitrogen and oxygen atoms in total. The van der Waals surface area contributed by atoms with Gasteiger partial charge in [-0.15, -0.1) is 0 Å². The van der Waals surface area contributed by atoms with E-state index in [2.05, 4.69) is 33.3 Å². The molecule has 0 aliphatic heterocycles. The topological polar surface area (TPSA) is 59.5 Å². The molecule has 4 aromatic rings. The van der Waals surface area contributed by atoms with E-state index in [1.54, 1.807) is 18.3 Å². The number of aromatic nitrogens is 1. The van der Waals surface area contributed by atoms with Crippen LogP contribution in [-0.4, -0.2) is 16.7 Å². The Hall–Kier alpha value is -3.60. The minimum atomic E-state index is -0.376. The number of nitrogens with zero attached hydrogens (tertiary/aromatic N) is 2. The monoisotopic (exact) mass is 343 g/mol. The van der Waals surface area contributed by atoms with Crippen molar-refractivity contribution in [2.45, 2.75) is 6.54 Å². The van der Waals surface area contributed by atoms with E-state index in [4.69, 9.17) is 4.42 Å². The number of furan rings is 1. The zero-order valence-corrected chi connectivity index (χ0v) is 14.0. The summed E-state index contributed by atoms with van der Waals surface area (Å²) < 4.78 is 7.23. The Bertz CT molecular complexity index is 1050. The van der Waals surface area contributed by atoms with Crippen molar-refractivity contribution in [3.63, 3.8) is 0 Å². The SMILES string of the molecule is O=C(N/N=C\c1cn(Cc2ccccc2)c2ccccc12)c1ccco1. The molecule has 0 saturated heterocycles. The van der Waals surface area contributed by atoms with Crippen molar-refractivity contribution in [3.05, 3.63) is 96.1 Å². The third-order valence-electron chi connectivity index (χ3n) is 4.13. The van der Waals surface area contributed by atoms with Crippen LogP contribution in [0.4, 0.5) is 0 Å². The first-order valence-corrected chi connectivity index (χ1v) is 8.30. The fraction of sp³-hybridized carbons (Fsp3) is 0.0476. The van der Waals surface area contributed by atoms with Crippen LogP contribution >= 0.6 is 0 Å². The molecule has 0 atom stereocenters. The summed E-state index contributed by atoms with van der Waals surface area (Å²) in [7, 11) is 0. The second kappa shape index (κ2) is 7.11. The molecule has 26 heavy (non-hydrogen) atoms. The molecule has 0 fully saturated rings. The van der Waals surface area contributed by atoms with Gasteiger partial charge in [-0.3, -0.25) is 4.79 Å². The van der Waals surface area contributed by atoms with Gasteiger partial charge in [0.25, 0.3) is 0 Å².